The molecule has 3 aromatic heterocycles. The zero-order valence-electron chi connectivity index (χ0n) is 29.1. The van der Waals surface area contributed by atoms with E-state index >= 15 is 0 Å². The van der Waals surface area contributed by atoms with Crippen LogP contribution in [0.4, 0.5) is 55.2 Å². The SMILES string of the molecule is CC(C)c1oncc1C(=O)N1CCC(CC(=O)Nc2ccc3cc2CCc2cncc(c2)Nc2ncc(Cl)c(n2)N3)CC1.O=C(C(=O)C(F)(F)F)C(F)(F)F. The number of nitrogens with one attached hydrogen (secondary N) is 3. The van der Waals surface area contributed by atoms with Crippen LogP contribution in [0.5, 0.6) is 0 Å². The Labute approximate surface area is 314 Å². The molecule has 5 heterocycles. The zero-order chi connectivity index (χ0) is 40.1. The smallest absolute Gasteiger partial charge is 0.360 e. The second kappa shape index (κ2) is 16.8. The number of Topliss-reactive ketones (excluding diaryl/α,β-unsaturated/α-hetero) is 2. The van der Waals surface area contributed by atoms with Crippen molar-refractivity contribution in [1.29, 1.82) is 0 Å². The number of carbonyl (C=O) groups excluding carboxylic acids is 4. The minimum absolute atomic E-state index is 0.0397. The van der Waals surface area contributed by atoms with Crippen molar-refractivity contribution < 1.29 is 50.0 Å². The van der Waals surface area contributed by atoms with Gasteiger partial charge < -0.3 is 25.4 Å². The first-order valence-corrected chi connectivity index (χ1v) is 17.2. The molecule has 13 nitrogen and oxygen atoms in total. The van der Waals surface area contributed by atoms with Gasteiger partial charge in [-0.3, -0.25) is 24.2 Å². The summed E-state index contributed by atoms with van der Waals surface area (Å²) in [6.45, 7) is 5.15. The molecular weight excluding hydrogens is 762 g/mol. The standard InChI is InChI=1S/C31H33ClN8O3.C4F6O2/c1-18(2)28-24(16-35-43-28)30(42)40-9-7-19(8-10-40)12-27(41)38-26-6-5-22-13-21(26)4-3-20-11-23(15-33-14-20)37-31-34-17-25(32)29(36-22)39-31;5-3(6,7)1(11)2(12)4(8,9)10/h5-6,11,13-19H,3-4,7-10,12H2,1-2H3,(H,38,41)(H2,34,36,37,39);. The van der Waals surface area contributed by atoms with Gasteiger partial charge in [0.2, 0.25) is 11.9 Å². The monoisotopic (exact) mass is 794 g/mol. The molecule has 0 aliphatic carbocycles. The maximum absolute atomic E-state index is 13.2. The summed E-state index contributed by atoms with van der Waals surface area (Å²) in [5, 5.41) is 13.8. The lowest BCUT2D eigenvalue weighted by Gasteiger charge is -2.31. The molecule has 1 aromatic carbocycles. The highest BCUT2D eigenvalue weighted by Crippen LogP contribution is 2.31. The van der Waals surface area contributed by atoms with Crippen molar-refractivity contribution in [2.75, 3.05) is 29.0 Å². The number of hydrogen-bond donors (Lipinski definition) is 3. The molecule has 6 bridgehead atoms. The lowest BCUT2D eigenvalue weighted by atomic mass is 9.92. The first-order valence-electron chi connectivity index (χ1n) is 16.8. The molecule has 292 valence electrons. The van der Waals surface area contributed by atoms with Crippen molar-refractivity contribution in [3.63, 3.8) is 0 Å². The lowest BCUT2D eigenvalue weighted by Crippen LogP contribution is -2.39. The van der Waals surface area contributed by atoms with Gasteiger partial charge in [-0.25, -0.2) is 4.98 Å². The van der Waals surface area contributed by atoms with Gasteiger partial charge in [-0.2, -0.15) is 31.3 Å². The molecule has 0 spiro atoms. The Morgan fingerprint density at radius 2 is 1.62 bits per heavy atom. The molecule has 55 heavy (non-hydrogen) atoms. The normalized spacial score (nSPS) is 14.5. The molecule has 2 aliphatic rings. The van der Waals surface area contributed by atoms with Crippen LogP contribution in [0.25, 0.3) is 0 Å². The maximum Gasteiger partial charge on any atom is 0.458 e. The minimum Gasteiger partial charge on any atom is -0.360 e. The summed E-state index contributed by atoms with van der Waals surface area (Å²) < 4.78 is 72.3. The summed E-state index contributed by atoms with van der Waals surface area (Å²) in [5.41, 5.74) is 4.90. The van der Waals surface area contributed by atoms with Gasteiger partial charge in [-0.05, 0) is 67.0 Å². The number of aromatic nitrogens is 4. The van der Waals surface area contributed by atoms with Crippen LogP contribution in [0, 0.1) is 5.92 Å². The Bertz CT molecular complexity index is 2040. The van der Waals surface area contributed by atoms with E-state index in [1.807, 2.05) is 49.2 Å². The molecule has 4 aromatic rings. The number of likely N-dealkylation sites (tertiary alicyclic amines) is 1. The van der Waals surface area contributed by atoms with Gasteiger partial charge in [0.15, 0.2) is 11.6 Å². The van der Waals surface area contributed by atoms with Gasteiger partial charge in [0.1, 0.15) is 10.6 Å². The molecule has 0 saturated carbocycles. The van der Waals surface area contributed by atoms with Crippen LogP contribution in [-0.4, -0.2) is 73.8 Å². The van der Waals surface area contributed by atoms with Crippen molar-refractivity contribution in [2.45, 2.75) is 64.2 Å². The van der Waals surface area contributed by atoms with E-state index < -0.39 is 23.9 Å². The molecule has 0 atom stereocenters. The number of hydrogen-bond acceptors (Lipinski definition) is 11. The summed E-state index contributed by atoms with van der Waals surface area (Å²) >= 11 is 6.38. The number of anilines is 5. The second-order valence-electron chi connectivity index (χ2n) is 13.0. The quantitative estimate of drug-likeness (QED) is 0.132. The number of amides is 2. The summed E-state index contributed by atoms with van der Waals surface area (Å²) in [4.78, 5) is 60.5. The van der Waals surface area contributed by atoms with E-state index in [4.69, 9.17) is 16.1 Å². The Kier molecular flexibility index (Phi) is 12.4. The third-order valence-corrected chi connectivity index (χ3v) is 8.85. The number of pyridine rings is 1. The second-order valence-corrected chi connectivity index (χ2v) is 13.4. The topological polar surface area (TPSA) is 172 Å². The van der Waals surface area contributed by atoms with Crippen molar-refractivity contribution >= 4 is 63.8 Å². The summed E-state index contributed by atoms with van der Waals surface area (Å²) in [6, 6.07) is 7.83. The lowest BCUT2D eigenvalue weighted by molar-refractivity contribution is -0.193. The fourth-order valence-corrected chi connectivity index (χ4v) is 5.95. The van der Waals surface area contributed by atoms with Gasteiger partial charge in [-0.1, -0.05) is 30.6 Å². The molecule has 6 rings (SSSR count). The molecule has 1 saturated heterocycles. The van der Waals surface area contributed by atoms with Crippen molar-refractivity contribution in [1.82, 2.24) is 25.0 Å². The van der Waals surface area contributed by atoms with Crippen molar-refractivity contribution in [2.24, 2.45) is 5.92 Å². The summed E-state index contributed by atoms with van der Waals surface area (Å²) in [5.74, 6) is -5.15. The number of nitrogens with zero attached hydrogens (tertiary/aromatic N) is 5. The highest BCUT2D eigenvalue weighted by Gasteiger charge is 2.54. The van der Waals surface area contributed by atoms with E-state index in [2.05, 4.69) is 36.1 Å². The van der Waals surface area contributed by atoms with Gasteiger partial charge in [0, 0.05) is 43.0 Å². The summed E-state index contributed by atoms with van der Waals surface area (Å²) in [7, 11) is 0. The molecule has 0 unspecified atom stereocenters. The number of benzene rings is 1. The van der Waals surface area contributed by atoms with Crippen LogP contribution in [0.15, 0.2) is 53.6 Å². The number of aryl methyl sites for hydroxylation is 2. The third-order valence-electron chi connectivity index (χ3n) is 8.57. The molecule has 2 amide bonds. The number of carbonyl (C=O) groups is 4. The average Bonchev–Trinajstić information content (AvgIpc) is 3.63. The number of rotatable bonds is 6. The Morgan fingerprint density at radius 3 is 2.27 bits per heavy atom. The first-order chi connectivity index (χ1) is 25.9. The number of alkyl halides is 6. The van der Waals surface area contributed by atoms with Crippen LogP contribution >= 0.6 is 11.6 Å². The first kappa shape index (κ1) is 40.6. The minimum atomic E-state index is -5.77. The van der Waals surface area contributed by atoms with Gasteiger partial charge in [-0.15, -0.1) is 0 Å². The van der Waals surface area contributed by atoms with E-state index in [1.54, 1.807) is 12.4 Å². The van der Waals surface area contributed by atoms with Crippen LogP contribution in [0.2, 0.25) is 5.02 Å². The van der Waals surface area contributed by atoms with Crippen LogP contribution in [0.3, 0.4) is 0 Å². The predicted molar refractivity (Wildman–Crippen MR) is 186 cm³/mol. The number of fused-ring (bicyclic) bond motifs is 6. The molecular formula is C35H33ClF6N8O5. The fourth-order valence-electron chi connectivity index (χ4n) is 5.81. The van der Waals surface area contributed by atoms with E-state index in [0.717, 1.165) is 47.5 Å². The van der Waals surface area contributed by atoms with Crippen molar-refractivity contribution in [3.8, 4) is 0 Å². The van der Waals surface area contributed by atoms with E-state index in [-0.39, 0.29) is 23.7 Å². The molecule has 1 fully saturated rings. The van der Waals surface area contributed by atoms with Crippen molar-refractivity contribution in [3.05, 3.63) is 76.5 Å². The highest BCUT2D eigenvalue weighted by atomic mass is 35.5. The van der Waals surface area contributed by atoms with E-state index in [9.17, 15) is 45.5 Å². The number of ketones is 2. The van der Waals surface area contributed by atoms with Crippen LogP contribution < -0.4 is 16.0 Å². The van der Waals surface area contributed by atoms with E-state index in [1.165, 1.54) is 6.20 Å². The van der Waals surface area contributed by atoms with Crippen LogP contribution in [0.1, 0.15) is 66.3 Å². The Morgan fingerprint density at radius 1 is 0.927 bits per heavy atom. The molecule has 0 radical (unpaired) electrons. The molecule has 20 heteroatoms. The molecule has 3 N–H and O–H groups in total. The molecule has 2 aliphatic heterocycles. The summed E-state index contributed by atoms with van der Waals surface area (Å²) in [6.07, 6.45) is -1.60. The van der Waals surface area contributed by atoms with Gasteiger partial charge >= 0.3 is 23.9 Å². The maximum atomic E-state index is 13.2. The fraction of sp³-hybridized carbons (Fsp3) is 0.371. The average molecular weight is 795 g/mol. The largest absolute Gasteiger partial charge is 0.458 e. The number of halogens is 7. The van der Waals surface area contributed by atoms with Crippen LogP contribution in [-0.2, 0) is 27.2 Å². The zero-order valence-corrected chi connectivity index (χ0v) is 29.9. The van der Waals surface area contributed by atoms with Gasteiger partial charge in [0.25, 0.3) is 5.91 Å². The highest BCUT2D eigenvalue weighted by molar-refractivity contribution is 6.41. The predicted octanol–water partition coefficient (Wildman–Crippen LogP) is 7.35. The van der Waals surface area contributed by atoms with Gasteiger partial charge in [0.05, 0.1) is 24.3 Å². The Hall–Kier alpha value is -5.59. The Balaban J connectivity index is 0.000000418. The third kappa shape index (κ3) is 10.6. The number of piperidine rings is 1. The van der Waals surface area contributed by atoms with E-state index in [0.29, 0.717) is 54.0 Å².